The Morgan fingerprint density at radius 3 is 2.71 bits per heavy atom. The number of aliphatic carboxylic acids is 1. The fraction of sp³-hybridized carbons (Fsp3) is 0.273. The minimum atomic E-state index is -1.03. The van der Waals surface area contributed by atoms with Gasteiger partial charge in [0.1, 0.15) is 12.6 Å². The van der Waals surface area contributed by atoms with Crippen LogP contribution in [0, 0.1) is 12.8 Å². The number of carboxylic acids is 1. The molecule has 0 bridgehead atoms. The van der Waals surface area contributed by atoms with Crippen molar-refractivity contribution >= 4 is 29.4 Å². The minimum absolute atomic E-state index is 0.0772. The number of halogens is 1. The number of nitrogens with zero attached hydrogens (tertiary/aromatic N) is 1. The van der Waals surface area contributed by atoms with E-state index in [1.54, 1.807) is 6.07 Å². The molecule has 1 amide bonds. The van der Waals surface area contributed by atoms with Gasteiger partial charge in [0, 0.05) is 16.9 Å². The number of ether oxygens (including phenoxy) is 1. The number of anilines is 1. The zero-order valence-electron chi connectivity index (χ0n) is 15.3. The van der Waals surface area contributed by atoms with Gasteiger partial charge in [-0.05, 0) is 42.2 Å². The second-order valence-corrected chi connectivity index (χ2v) is 7.64. The number of rotatable bonds is 3. The van der Waals surface area contributed by atoms with E-state index in [2.05, 4.69) is 0 Å². The van der Waals surface area contributed by atoms with Crippen molar-refractivity contribution in [2.45, 2.75) is 31.9 Å². The molecule has 3 atom stereocenters. The Labute approximate surface area is 168 Å². The molecule has 4 rings (SSSR count). The summed E-state index contributed by atoms with van der Waals surface area (Å²) in [7, 11) is 0. The maximum Gasteiger partial charge on any atom is 0.415 e. The van der Waals surface area contributed by atoms with Gasteiger partial charge >= 0.3 is 12.1 Å². The van der Waals surface area contributed by atoms with Crippen molar-refractivity contribution in [3.05, 3.63) is 76.3 Å². The molecule has 5 nitrogen and oxygen atoms in total. The lowest BCUT2D eigenvalue weighted by atomic mass is 9.77. The Morgan fingerprint density at radius 2 is 2.00 bits per heavy atom. The Kier molecular flexibility index (Phi) is 4.85. The number of carboxylic acid groups (broad SMARTS) is 1. The molecule has 0 unspecified atom stereocenters. The number of amides is 1. The lowest BCUT2D eigenvalue weighted by molar-refractivity contribution is -0.140. The van der Waals surface area contributed by atoms with Crippen LogP contribution < -0.4 is 4.90 Å². The topological polar surface area (TPSA) is 66.8 Å². The zero-order chi connectivity index (χ0) is 19.8. The summed E-state index contributed by atoms with van der Waals surface area (Å²) < 4.78 is 5.51. The van der Waals surface area contributed by atoms with Gasteiger partial charge < -0.3 is 9.84 Å². The van der Waals surface area contributed by atoms with Crippen LogP contribution in [0.1, 0.15) is 29.0 Å². The molecule has 6 heteroatoms. The number of carbonyl (C=O) groups is 2. The molecule has 0 saturated carbocycles. The molecule has 0 radical (unpaired) electrons. The molecule has 0 spiro atoms. The van der Waals surface area contributed by atoms with Crippen molar-refractivity contribution in [2.24, 2.45) is 5.92 Å². The van der Waals surface area contributed by atoms with E-state index in [0.29, 0.717) is 17.1 Å². The first-order valence-corrected chi connectivity index (χ1v) is 9.54. The van der Waals surface area contributed by atoms with Gasteiger partial charge in [0.25, 0.3) is 0 Å². The van der Waals surface area contributed by atoms with Crippen LogP contribution in [0.3, 0.4) is 0 Å². The highest BCUT2D eigenvalue weighted by molar-refractivity contribution is 6.31. The van der Waals surface area contributed by atoms with Gasteiger partial charge in [-0.15, -0.1) is 0 Å². The molecule has 0 aromatic heterocycles. The third-order valence-electron chi connectivity index (χ3n) is 5.45. The van der Waals surface area contributed by atoms with Crippen molar-refractivity contribution in [1.29, 1.82) is 0 Å². The third-order valence-corrected chi connectivity index (χ3v) is 5.66. The monoisotopic (exact) mass is 397 g/mol. The van der Waals surface area contributed by atoms with Gasteiger partial charge in [-0.2, -0.15) is 0 Å². The lowest BCUT2D eigenvalue weighted by Crippen LogP contribution is -2.53. The molecule has 2 aromatic rings. The normalized spacial score (nSPS) is 22.5. The quantitative estimate of drug-likeness (QED) is 0.746. The number of allylic oxidation sites excluding steroid dienone is 2. The zero-order valence-corrected chi connectivity index (χ0v) is 16.1. The van der Waals surface area contributed by atoms with E-state index in [4.69, 9.17) is 16.3 Å². The SMILES string of the molecule is Cc1cc(Cl)cc2c1N(C(=O)OCc1ccccc1)[C@@H](C(=O)O)[C@H]1CC=C[C@@H]21. The van der Waals surface area contributed by atoms with E-state index in [9.17, 15) is 14.7 Å². The summed E-state index contributed by atoms with van der Waals surface area (Å²) in [5.74, 6) is -1.35. The van der Waals surface area contributed by atoms with Crippen LogP contribution >= 0.6 is 11.6 Å². The van der Waals surface area contributed by atoms with Crippen LogP contribution in [-0.4, -0.2) is 23.2 Å². The Bertz CT molecular complexity index is 957. The molecule has 2 aliphatic rings. The van der Waals surface area contributed by atoms with Crippen LogP contribution in [-0.2, 0) is 16.1 Å². The Morgan fingerprint density at radius 1 is 1.25 bits per heavy atom. The smallest absolute Gasteiger partial charge is 0.415 e. The summed E-state index contributed by atoms with van der Waals surface area (Å²) in [4.78, 5) is 26.5. The summed E-state index contributed by atoms with van der Waals surface area (Å²) in [6.45, 7) is 1.91. The van der Waals surface area contributed by atoms with Crippen molar-refractivity contribution in [3.8, 4) is 0 Å². The third kappa shape index (κ3) is 3.16. The summed E-state index contributed by atoms with van der Waals surface area (Å²) in [6.07, 6.45) is 3.93. The van der Waals surface area contributed by atoms with Gasteiger partial charge in [0.05, 0.1) is 5.69 Å². The van der Waals surface area contributed by atoms with Gasteiger partial charge in [-0.1, -0.05) is 54.1 Å². The molecule has 0 fully saturated rings. The highest BCUT2D eigenvalue weighted by atomic mass is 35.5. The van der Waals surface area contributed by atoms with Gasteiger partial charge in [-0.25, -0.2) is 9.59 Å². The maximum atomic E-state index is 13.1. The second-order valence-electron chi connectivity index (χ2n) is 7.21. The van der Waals surface area contributed by atoms with Gasteiger partial charge in [-0.3, -0.25) is 4.90 Å². The van der Waals surface area contributed by atoms with E-state index >= 15 is 0 Å². The number of benzene rings is 2. The maximum absolute atomic E-state index is 13.1. The molecule has 1 heterocycles. The van der Waals surface area contributed by atoms with E-state index in [-0.39, 0.29) is 18.4 Å². The van der Waals surface area contributed by atoms with Crippen LogP contribution in [0.2, 0.25) is 5.02 Å². The van der Waals surface area contributed by atoms with Crippen molar-refractivity contribution in [3.63, 3.8) is 0 Å². The number of hydrogen-bond donors (Lipinski definition) is 1. The first-order chi connectivity index (χ1) is 13.5. The molecular weight excluding hydrogens is 378 g/mol. The predicted octanol–water partition coefficient (Wildman–Crippen LogP) is 4.92. The number of carbonyl (C=O) groups excluding carboxylic acids is 1. The van der Waals surface area contributed by atoms with Crippen molar-refractivity contribution in [2.75, 3.05) is 4.90 Å². The van der Waals surface area contributed by atoms with Crippen molar-refractivity contribution < 1.29 is 19.4 Å². The van der Waals surface area contributed by atoms with E-state index in [0.717, 1.165) is 16.7 Å². The standard InChI is InChI=1S/C22H20ClNO4/c1-13-10-15(23)11-18-16-8-5-9-17(16)20(21(25)26)24(19(13)18)22(27)28-12-14-6-3-2-4-7-14/h2-8,10-11,16-17,20H,9,12H2,1H3,(H,25,26)/t16-,17+,20-/m1/s1. The summed E-state index contributed by atoms with van der Waals surface area (Å²) in [5.41, 5.74) is 3.05. The lowest BCUT2D eigenvalue weighted by Gasteiger charge is -2.42. The van der Waals surface area contributed by atoms with E-state index in [1.807, 2.05) is 55.5 Å². The predicted molar refractivity (Wildman–Crippen MR) is 107 cm³/mol. The summed E-state index contributed by atoms with van der Waals surface area (Å²) in [6, 6.07) is 11.9. The summed E-state index contributed by atoms with van der Waals surface area (Å²) >= 11 is 6.26. The molecule has 1 aliphatic carbocycles. The molecule has 2 aromatic carbocycles. The average molecular weight is 398 g/mol. The van der Waals surface area contributed by atoms with Gasteiger partial charge in [0.2, 0.25) is 0 Å². The number of aryl methyl sites for hydroxylation is 1. The van der Waals surface area contributed by atoms with Gasteiger partial charge in [0.15, 0.2) is 0 Å². The fourth-order valence-corrected chi connectivity index (χ4v) is 4.57. The van der Waals surface area contributed by atoms with Crippen LogP contribution in [0.25, 0.3) is 0 Å². The van der Waals surface area contributed by atoms with E-state index < -0.39 is 18.1 Å². The van der Waals surface area contributed by atoms with E-state index in [1.165, 1.54) is 4.90 Å². The molecule has 0 saturated heterocycles. The summed E-state index contributed by atoms with van der Waals surface area (Å²) in [5, 5.41) is 10.5. The Hall–Kier alpha value is -2.79. The molecule has 1 N–H and O–H groups in total. The number of fused-ring (bicyclic) bond motifs is 3. The first kappa shape index (κ1) is 18.6. The minimum Gasteiger partial charge on any atom is -0.480 e. The fourth-order valence-electron chi connectivity index (χ4n) is 4.29. The highest BCUT2D eigenvalue weighted by Crippen LogP contribution is 2.49. The highest BCUT2D eigenvalue weighted by Gasteiger charge is 2.48. The average Bonchev–Trinajstić information content (AvgIpc) is 3.15. The number of hydrogen-bond acceptors (Lipinski definition) is 3. The van der Waals surface area contributed by atoms with Crippen LogP contribution in [0.15, 0.2) is 54.6 Å². The van der Waals surface area contributed by atoms with Crippen LogP contribution in [0.5, 0.6) is 0 Å². The van der Waals surface area contributed by atoms with Crippen LogP contribution in [0.4, 0.5) is 10.5 Å². The van der Waals surface area contributed by atoms with Crippen molar-refractivity contribution in [1.82, 2.24) is 0 Å². The molecular formula is C22H20ClNO4. The first-order valence-electron chi connectivity index (χ1n) is 9.17. The molecule has 28 heavy (non-hydrogen) atoms. The Balaban J connectivity index is 1.74. The largest absolute Gasteiger partial charge is 0.480 e. The molecule has 144 valence electrons. The molecule has 1 aliphatic heterocycles. The second kappa shape index (κ2) is 7.32.